The highest BCUT2D eigenvalue weighted by Gasteiger charge is 2.17. The van der Waals surface area contributed by atoms with Crippen molar-refractivity contribution in [1.82, 2.24) is 4.90 Å². The molecule has 4 heteroatoms. The molecule has 0 N–H and O–H groups in total. The van der Waals surface area contributed by atoms with Crippen molar-refractivity contribution in [3.63, 3.8) is 0 Å². The van der Waals surface area contributed by atoms with Crippen LogP contribution in [0.5, 0.6) is 0 Å². The smallest absolute Gasteiger partial charge is 0.305 e. The van der Waals surface area contributed by atoms with Crippen LogP contribution in [0.4, 0.5) is 0 Å². The van der Waals surface area contributed by atoms with Crippen LogP contribution in [-0.2, 0) is 14.3 Å². The van der Waals surface area contributed by atoms with E-state index in [-0.39, 0.29) is 11.9 Å². The molecule has 0 bridgehead atoms. The number of carbonyl (C=O) groups is 2. The van der Waals surface area contributed by atoms with Gasteiger partial charge in [-0.05, 0) is 12.8 Å². The third-order valence-electron chi connectivity index (χ3n) is 2.33. The summed E-state index contributed by atoms with van der Waals surface area (Å²) in [5.41, 5.74) is 0. The number of ether oxygens (including phenoxy) is 1. The fourth-order valence-corrected chi connectivity index (χ4v) is 1.47. The van der Waals surface area contributed by atoms with E-state index in [0.29, 0.717) is 26.0 Å². The largest absolute Gasteiger partial charge is 0.464 e. The van der Waals surface area contributed by atoms with Gasteiger partial charge < -0.3 is 9.64 Å². The average molecular weight is 199 g/mol. The lowest BCUT2D eigenvalue weighted by Gasteiger charge is -2.26. The molecular formula is C10H17NO3. The van der Waals surface area contributed by atoms with E-state index in [9.17, 15) is 9.59 Å². The summed E-state index contributed by atoms with van der Waals surface area (Å²) in [5.74, 6) is -0.0155. The van der Waals surface area contributed by atoms with Crippen LogP contribution >= 0.6 is 0 Å². The average Bonchev–Trinajstić information content (AvgIpc) is 2.20. The predicted molar refractivity (Wildman–Crippen MR) is 51.7 cm³/mol. The molecule has 0 aromatic rings. The number of piperidine rings is 1. The Morgan fingerprint density at radius 2 is 2.29 bits per heavy atom. The molecule has 1 saturated heterocycles. The Balaban J connectivity index is 2.16. The quantitative estimate of drug-likeness (QED) is 0.633. The number of nitrogens with zero attached hydrogens (tertiary/aromatic N) is 1. The molecule has 1 rings (SSSR count). The second-order valence-electron chi connectivity index (χ2n) is 3.41. The lowest BCUT2D eigenvalue weighted by atomic mass is 10.1. The molecule has 80 valence electrons. The second-order valence-corrected chi connectivity index (χ2v) is 3.41. The van der Waals surface area contributed by atoms with Gasteiger partial charge in [0.05, 0.1) is 6.54 Å². The molecule has 0 radical (unpaired) electrons. The summed E-state index contributed by atoms with van der Waals surface area (Å²) in [6.07, 6.45) is 3.09. The maximum atomic E-state index is 11.3. The molecule has 1 aliphatic heterocycles. The van der Waals surface area contributed by atoms with Gasteiger partial charge in [0.2, 0.25) is 5.91 Å². The predicted octanol–water partition coefficient (Wildman–Crippen LogP) is 0.952. The number of hydrogen-bond acceptors (Lipinski definition) is 3. The highest BCUT2D eigenvalue weighted by atomic mass is 16.5. The Bertz CT molecular complexity index is 215. The number of hydrogen-bond donors (Lipinski definition) is 0. The highest BCUT2D eigenvalue weighted by molar-refractivity contribution is 5.76. The molecular weight excluding hydrogens is 182 g/mol. The van der Waals surface area contributed by atoms with E-state index in [1.54, 1.807) is 11.8 Å². The van der Waals surface area contributed by atoms with Gasteiger partial charge in [0.25, 0.3) is 0 Å². The van der Waals surface area contributed by atoms with E-state index < -0.39 is 0 Å². The maximum absolute atomic E-state index is 11.3. The Kier molecular flexibility index (Phi) is 4.43. The number of amides is 1. The van der Waals surface area contributed by atoms with Crippen molar-refractivity contribution in [1.29, 1.82) is 0 Å². The van der Waals surface area contributed by atoms with Gasteiger partial charge in [-0.3, -0.25) is 9.59 Å². The minimum Gasteiger partial charge on any atom is -0.464 e. The molecule has 4 nitrogen and oxygen atoms in total. The topological polar surface area (TPSA) is 46.6 Å². The van der Waals surface area contributed by atoms with Gasteiger partial charge in [-0.1, -0.05) is 6.92 Å². The molecule has 1 heterocycles. The molecule has 14 heavy (non-hydrogen) atoms. The van der Waals surface area contributed by atoms with Gasteiger partial charge in [0.15, 0.2) is 0 Å². The van der Waals surface area contributed by atoms with Gasteiger partial charge in [-0.2, -0.15) is 0 Å². The summed E-state index contributed by atoms with van der Waals surface area (Å²) in [7, 11) is 0. The van der Waals surface area contributed by atoms with E-state index in [1.165, 1.54) is 0 Å². The number of carbonyl (C=O) groups excluding carboxylic acids is 2. The first-order valence-corrected chi connectivity index (χ1v) is 5.17. The zero-order valence-corrected chi connectivity index (χ0v) is 8.62. The van der Waals surface area contributed by atoms with Crippen LogP contribution in [0.15, 0.2) is 0 Å². The van der Waals surface area contributed by atoms with Crippen molar-refractivity contribution in [2.24, 2.45) is 0 Å². The van der Waals surface area contributed by atoms with Crippen molar-refractivity contribution >= 4 is 11.9 Å². The van der Waals surface area contributed by atoms with Gasteiger partial charge in [0.1, 0.15) is 6.61 Å². The summed E-state index contributed by atoms with van der Waals surface area (Å²) < 4.78 is 4.91. The summed E-state index contributed by atoms with van der Waals surface area (Å²) in [5, 5.41) is 0. The third kappa shape index (κ3) is 3.36. The van der Waals surface area contributed by atoms with Crippen LogP contribution in [0, 0.1) is 0 Å². The van der Waals surface area contributed by atoms with Crippen LogP contribution < -0.4 is 0 Å². The van der Waals surface area contributed by atoms with E-state index >= 15 is 0 Å². The molecule has 0 aromatic carbocycles. The van der Waals surface area contributed by atoms with Crippen LogP contribution in [0.25, 0.3) is 0 Å². The molecule has 0 aromatic heterocycles. The lowest BCUT2D eigenvalue weighted by molar-refractivity contribution is -0.146. The molecule has 0 spiro atoms. The SMILES string of the molecule is CCC(=O)OCCN1CCCCC1=O. The molecule has 0 unspecified atom stereocenters. The van der Waals surface area contributed by atoms with Gasteiger partial charge in [0, 0.05) is 19.4 Å². The van der Waals surface area contributed by atoms with Gasteiger partial charge >= 0.3 is 5.97 Å². The summed E-state index contributed by atoms with van der Waals surface area (Å²) >= 11 is 0. The normalized spacial score (nSPS) is 16.9. The van der Waals surface area contributed by atoms with E-state index in [1.807, 2.05) is 0 Å². The summed E-state index contributed by atoms with van der Waals surface area (Å²) in [4.78, 5) is 23.9. The van der Waals surface area contributed by atoms with Crippen LogP contribution in [0.1, 0.15) is 32.6 Å². The van der Waals surface area contributed by atoms with E-state index in [4.69, 9.17) is 4.74 Å². The van der Waals surface area contributed by atoms with E-state index in [2.05, 4.69) is 0 Å². The van der Waals surface area contributed by atoms with Crippen molar-refractivity contribution in [3.05, 3.63) is 0 Å². The standard InChI is InChI=1S/C10H17NO3/c1-2-10(13)14-8-7-11-6-4-3-5-9(11)12/h2-8H2,1H3. The van der Waals surface area contributed by atoms with Crippen LogP contribution in [0.3, 0.4) is 0 Å². The Morgan fingerprint density at radius 3 is 2.93 bits per heavy atom. The lowest BCUT2D eigenvalue weighted by Crippen LogP contribution is -2.37. The van der Waals surface area contributed by atoms with Gasteiger partial charge in [-0.25, -0.2) is 0 Å². The van der Waals surface area contributed by atoms with Gasteiger partial charge in [-0.15, -0.1) is 0 Å². The Morgan fingerprint density at radius 1 is 1.50 bits per heavy atom. The van der Waals surface area contributed by atoms with Crippen molar-refractivity contribution < 1.29 is 14.3 Å². The highest BCUT2D eigenvalue weighted by Crippen LogP contribution is 2.09. The number of rotatable bonds is 4. The van der Waals surface area contributed by atoms with Crippen LogP contribution in [0.2, 0.25) is 0 Å². The Labute approximate surface area is 84.2 Å². The zero-order chi connectivity index (χ0) is 10.4. The second kappa shape index (κ2) is 5.62. The first-order chi connectivity index (χ1) is 6.74. The number of esters is 1. The van der Waals surface area contributed by atoms with Crippen molar-refractivity contribution in [2.75, 3.05) is 19.7 Å². The third-order valence-corrected chi connectivity index (χ3v) is 2.33. The first-order valence-electron chi connectivity index (χ1n) is 5.17. The monoisotopic (exact) mass is 199 g/mol. The minimum absolute atomic E-state index is 0.184. The molecule has 0 atom stereocenters. The molecule has 1 fully saturated rings. The molecule has 1 amide bonds. The summed E-state index contributed by atoms with van der Waals surface area (Å²) in [6, 6.07) is 0. The minimum atomic E-state index is -0.200. The first kappa shape index (κ1) is 11.0. The molecule has 1 aliphatic rings. The van der Waals surface area contributed by atoms with Crippen molar-refractivity contribution in [2.45, 2.75) is 32.6 Å². The fourth-order valence-electron chi connectivity index (χ4n) is 1.47. The molecule has 0 aliphatic carbocycles. The van der Waals surface area contributed by atoms with E-state index in [0.717, 1.165) is 19.4 Å². The van der Waals surface area contributed by atoms with Crippen LogP contribution in [-0.4, -0.2) is 36.5 Å². The maximum Gasteiger partial charge on any atom is 0.305 e. The summed E-state index contributed by atoms with van der Waals surface area (Å²) in [6.45, 7) is 3.44. The Hall–Kier alpha value is -1.06. The number of likely N-dealkylation sites (tertiary alicyclic amines) is 1. The molecule has 0 saturated carbocycles. The zero-order valence-electron chi connectivity index (χ0n) is 8.62. The van der Waals surface area contributed by atoms with Crippen molar-refractivity contribution in [3.8, 4) is 0 Å². The fraction of sp³-hybridized carbons (Fsp3) is 0.800.